The molecule has 0 radical (unpaired) electrons. The van der Waals surface area contributed by atoms with Crippen molar-refractivity contribution in [2.24, 2.45) is 0 Å². The molecule has 7 heteroatoms. The van der Waals surface area contributed by atoms with Crippen LogP contribution in [0.2, 0.25) is 0 Å². The van der Waals surface area contributed by atoms with Crippen LogP contribution in [0.5, 0.6) is 0 Å². The van der Waals surface area contributed by atoms with Crippen LogP contribution in [0.1, 0.15) is 5.82 Å². The molecule has 5 rings (SSSR count). The van der Waals surface area contributed by atoms with Gasteiger partial charge in [0.25, 0.3) is 0 Å². The van der Waals surface area contributed by atoms with Crippen LogP contribution in [-0.4, -0.2) is 35.1 Å². The minimum atomic E-state index is 0.649. The summed E-state index contributed by atoms with van der Waals surface area (Å²) in [4.78, 5) is 20.7. The van der Waals surface area contributed by atoms with Gasteiger partial charge < -0.3 is 4.98 Å². The van der Waals surface area contributed by atoms with Crippen LogP contribution in [0.4, 0.5) is 0 Å². The van der Waals surface area contributed by atoms with E-state index >= 15 is 0 Å². The first kappa shape index (κ1) is 13.8. The van der Waals surface area contributed by atoms with Crippen molar-refractivity contribution in [1.82, 2.24) is 35.1 Å². The zero-order valence-corrected chi connectivity index (χ0v) is 13.4. The average molecular weight is 327 g/mol. The number of hydrogen-bond acceptors (Lipinski definition) is 5. The van der Waals surface area contributed by atoms with E-state index in [4.69, 9.17) is 0 Å². The van der Waals surface area contributed by atoms with E-state index in [1.165, 1.54) is 6.33 Å². The maximum atomic E-state index is 4.67. The number of imidazole rings is 1. The summed E-state index contributed by atoms with van der Waals surface area (Å²) in [6, 6.07) is 13.9. The van der Waals surface area contributed by atoms with E-state index in [9.17, 15) is 0 Å². The molecular formula is C18H13N7. The predicted octanol–water partition coefficient (Wildman–Crippen LogP) is 3.27. The Morgan fingerprint density at radius 3 is 2.76 bits per heavy atom. The lowest BCUT2D eigenvalue weighted by Crippen LogP contribution is -1.93. The third kappa shape index (κ3) is 2.25. The lowest BCUT2D eigenvalue weighted by atomic mass is 10.2. The van der Waals surface area contributed by atoms with Crippen LogP contribution in [0, 0.1) is 6.92 Å². The molecule has 25 heavy (non-hydrogen) atoms. The van der Waals surface area contributed by atoms with E-state index in [1.807, 2.05) is 49.4 Å². The van der Waals surface area contributed by atoms with Gasteiger partial charge in [0.2, 0.25) is 0 Å². The number of benzene rings is 2. The number of aromatic amines is 2. The molecule has 3 aromatic heterocycles. The zero-order chi connectivity index (χ0) is 16.8. The second kappa shape index (κ2) is 5.20. The smallest absolute Gasteiger partial charge is 0.163 e. The van der Waals surface area contributed by atoms with Crippen LogP contribution in [0.25, 0.3) is 44.8 Å². The molecule has 7 nitrogen and oxygen atoms in total. The summed E-state index contributed by atoms with van der Waals surface area (Å²) in [6.07, 6.45) is 1.52. The first-order valence-corrected chi connectivity index (χ1v) is 7.87. The van der Waals surface area contributed by atoms with Crippen molar-refractivity contribution in [2.45, 2.75) is 6.92 Å². The van der Waals surface area contributed by atoms with Crippen LogP contribution in [0.3, 0.4) is 0 Å². The van der Waals surface area contributed by atoms with Gasteiger partial charge in [-0.3, -0.25) is 5.10 Å². The Bertz CT molecular complexity index is 1220. The standard InChI is InChI=1S/C18H13N7/c1-10-19-9-20-17(21-10)11-6-7-14-15(8-11)23-18(22-14)16-12-4-2-3-5-13(12)24-25-16/h2-9H,1H3,(H,22,23)(H,24,25). The maximum Gasteiger partial charge on any atom is 0.163 e. The third-order valence-corrected chi connectivity index (χ3v) is 4.13. The minimum absolute atomic E-state index is 0.649. The molecule has 120 valence electrons. The van der Waals surface area contributed by atoms with Crippen molar-refractivity contribution in [1.29, 1.82) is 0 Å². The number of aromatic nitrogens is 7. The molecule has 5 aromatic rings. The molecule has 2 N–H and O–H groups in total. The van der Waals surface area contributed by atoms with Crippen molar-refractivity contribution < 1.29 is 0 Å². The highest BCUT2D eigenvalue weighted by molar-refractivity contribution is 5.93. The molecule has 0 fully saturated rings. The van der Waals surface area contributed by atoms with Crippen LogP contribution < -0.4 is 0 Å². The highest BCUT2D eigenvalue weighted by Crippen LogP contribution is 2.27. The molecule has 0 saturated heterocycles. The Hall–Kier alpha value is -3.61. The highest BCUT2D eigenvalue weighted by Gasteiger charge is 2.13. The number of para-hydroxylation sites is 1. The second-order valence-electron chi connectivity index (χ2n) is 5.79. The molecular weight excluding hydrogens is 314 g/mol. The predicted molar refractivity (Wildman–Crippen MR) is 94.7 cm³/mol. The Labute approximate surface area is 142 Å². The van der Waals surface area contributed by atoms with Gasteiger partial charge in [-0.25, -0.2) is 19.9 Å². The van der Waals surface area contributed by atoms with Crippen molar-refractivity contribution in [3.63, 3.8) is 0 Å². The average Bonchev–Trinajstić information content (AvgIpc) is 3.24. The second-order valence-corrected chi connectivity index (χ2v) is 5.79. The number of fused-ring (bicyclic) bond motifs is 2. The lowest BCUT2D eigenvalue weighted by Gasteiger charge is -1.99. The molecule has 2 aromatic carbocycles. The van der Waals surface area contributed by atoms with Gasteiger partial charge in [0.05, 0.1) is 16.6 Å². The molecule has 0 saturated carbocycles. The minimum Gasteiger partial charge on any atom is -0.337 e. The van der Waals surface area contributed by atoms with E-state index < -0.39 is 0 Å². The van der Waals surface area contributed by atoms with Crippen molar-refractivity contribution in [3.8, 4) is 22.9 Å². The van der Waals surface area contributed by atoms with Gasteiger partial charge >= 0.3 is 0 Å². The number of rotatable bonds is 2. The van der Waals surface area contributed by atoms with Crippen molar-refractivity contribution in [2.75, 3.05) is 0 Å². The van der Waals surface area contributed by atoms with E-state index in [0.717, 1.165) is 39.0 Å². The lowest BCUT2D eigenvalue weighted by molar-refractivity contribution is 0.983. The fraction of sp³-hybridized carbons (Fsp3) is 0.0556. The van der Waals surface area contributed by atoms with Crippen molar-refractivity contribution in [3.05, 3.63) is 54.6 Å². The van der Waals surface area contributed by atoms with Gasteiger partial charge in [0, 0.05) is 10.9 Å². The fourth-order valence-electron chi connectivity index (χ4n) is 2.92. The van der Waals surface area contributed by atoms with Gasteiger partial charge in [-0.1, -0.05) is 18.2 Å². The largest absolute Gasteiger partial charge is 0.337 e. The number of aryl methyl sites for hydroxylation is 1. The Morgan fingerprint density at radius 1 is 0.920 bits per heavy atom. The molecule has 0 amide bonds. The van der Waals surface area contributed by atoms with E-state index in [1.54, 1.807) is 0 Å². The van der Waals surface area contributed by atoms with Gasteiger partial charge in [-0.2, -0.15) is 5.10 Å². The number of hydrogen-bond donors (Lipinski definition) is 2. The van der Waals surface area contributed by atoms with Crippen LogP contribution >= 0.6 is 0 Å². The molecule has 0 spiro atoms. The van der Waals surface area contributed by atoms with E-state index in [2.05, 4.69) is 35.1 Å². The summed E-state index contributed by atoms with van der Waals surface area (Å²) in [5.41, 5.74) is 4.50. The topological polar surface area (TPSA) is 96.0 Å². The molecule has 0 unspecified atom stereocenters. The molecule has 0 bridgehead atoms. The SMILES string of the molecule is Cc1ncnc(-c2ccc3nc(-c4n[nH]c5ccccc45)[nH]c3c2)n1. The number of nitrogens with one attached hydrogen (secondary N) is 2. The summed E-state index contributed by atoms with van der Waals surface area (Å²) in [7, 11) is 0. The maximum absolute atomic E-state index is 4.67. The molecule has 0 aliphatic rings. The number of nitrogens with zero attached hydrogens (tertiary/aromatic N) is 5. The van der Waals surface area contributed by atoms with Crippen LogP contribution in [0.15, 0.2) is 48.8 Å². The molecule has 0 aliphatic carbocycles. The quantitative estimate of drug-likeness (QED) is 0.519. The first-order chi connectivity index (χ1) is 12.3. The highest BCUT2D eigenvalue weighted by atomic mass is 15.1. The van der Waals surface area contributed by atoms with E-state index in [0.29, 0.717) is 11.6 Å². The summed E-state index contributed by atoms with van der Waals surface area (Å²) in [5, 5.41) is 8.48. The van der Waals surface area contributed by atoms with Crippen molar-refractivity contribution >= 4 is 21.9 Å². The molecule has 3 heterocycles. The fourth-order valence-corrected chi connectivity index (χ4v) is 2.92. The Balaban J connectivity index is 1.65. The summed E-state index contributed by atoms with van der Waals surface area (Å²) >= 11 is 0. The summed E-state index contributed by atoms with van der Waals surface area (Å²) < 4.78 is 0. The number of H-pyrrole nitrogens is 2. The van der Waals surface area contributed by atoms with Gasteiger partial charge in [0.15, 0.2) is 11.6 Å². The van der Waals surface area contributed by atoms with Crippen LogP contribution in [-0.2, 0) is 0 Å². The summed E-state index contributed by atoms with van der Waals surface area (Å²) in [5.74, 6) is 2.07. The molecule has 0 atom stereocenters. The Morgan fingerprint density at radius 2 is 1.84 bits per heavy atom. The van der Waals surface area contributed by atoms with Gasteiger partial charge in [-0.05, 0) is 31.2 Å². The monoisotopic (exact) mass is 327 g/mol. The van der Waals surface area contributed by atoms with Gasteiger partial charge in [0.1, 0.15) is 17.8 Å². The normalized spacial score (nSPS) is 11.4. The summed E-state index contributed by atoms with van der Waals surface area (Å²) in [6.45, 7) is 1.85. The molecule has 0 aliphatic heterocycles. The van der Waals surface area contributed by atoms with E-state index in [-0.39, 0.29) is 0 Å². The first-order valence-electron chi connectivity index (χ1n) is 7.87. The Kier molecular flexibility index (Phi) is 2.87. The third-order valence-electron chi connectivity index (χ3n) is 4.13. The van der Waals surface area contributed by atoms with Gasteiger partial charge in [-0.15, -0.1) is 0 Å². The zero-order valence-electron chi connectivity index (χ0n) is 13.4.